The predicted octanol–water partition coefficient (Wildman–Crippen LogP) is 2.06. The monoisotopic (exact) mass is 307 g/mol. The van der Waals surface area contributed by atoms with Crippen LogP contribution in [0.25, 0.3) is 0 Å². The lowest BCUT2D eigenvalue weighted by atomic mass is 9.88. The van der Waals surface area contributed by atoms with Crippen LogP contribution in [0, 0.1) is 23.7 Å². The van der Waals surface area contributed by atoms with Gasteiger partial charge in [-0.05, 0) is 30.2 Å². The molecule has 1 unspecified atom stereocenters. The van der Waals surface area contributed by atoms with Gasteiger partial charge in [0.25, 0.3) is 11.5 Å². The van der Waals surface area contributed by atoms with Crippen LogP contribution in [-0.2, 0) is 0 Å². The molecule has 2 N–H and O–H groups in total. The molecule has 0 aliphatic carbocycles. The summed E-state index contributed by atoms with van der Waals surface area (Å²) in [5, 5.41) is 11.8. The minimum Gasteiger partial charge on any atom is -0.347 e. The number of aryl methyl sites for hydroxylation is 1. The Hall–Kier alpha value is -1.74. The zero-order valence-corrected chi connectivity index (χ0v) is 13.9. The number of carbonyl (C=O) groups is 1. The van der Waals surface area contributed by atoms with Crippen LogP contribution in [0.4, 0.5) is 0 Å². The van der Waals surface area contributed by atoms with Crippen molar-refractivity contribution in [2.45, 2.75) is 33.7 Å². The third kappa shape index (κ3) is 4.36. The van der Waals surface area contributed by atoms with Gasteiger partial charge in [0.05, 0.1) is 0 Å². The number of hydrogen-bond donors (Lipinski definition) is 2. The van der Waals surface area contributed by atoms with Crippen LogP contribution < -0.4 is 10.9 Å². The highest BCUT2D eigenvalue weighted by molar-refractivity contribution is 7.98. The molecule has 6 heteroatoms. The van der Waals surface area contributed by atoms with Crippen LogP contribution in [0.2, 0.25) is 0 Å². The van der Waals surface area contributed by atoms with Gasteiger partial charge in [-0.25, -0.2) is 0 Å². The molecule has 0 aromatic carbocycles. The van der Waals surface area contributed by atoms with E-state index in [1.165, 1.54) is 6.07 Å². The Kier molecular flexibility index (Phi) is 5.62. The first-order valence-electron chi connectivity index (χ1n) is 6.64. The minimum atomic E-state index is -0.537. The fraction of sp³-hybridized carbons (Fsp3) is 0.533. The first-order chi connectivity index (χ1) is 9.70. The molecule has 0 fully saturated rings. The molecule has 114 valence electrons. The number of nitriles is 1. The summed E-state index contributed by atoms with van der Waals surface area (Å²) in [5.74, 6) is 0.470. The van der Waals surface area contributed by atoms with Gasteiger partial charge in [-0.15, -0.1) is 0 Å². The van der Waals surface area contributed by atoms with Crippen molar-refractivity contribution in [1.82, 2.24) is 10.3 Å². The van der Waals surface area contributed by atoms with Gasteiger partial charge in [-0.3, -0.25) is 9.59 Å². The number of nitrogens with one attached hydrogen (secondary N) is 2. The normalized spacial score (nSPS) is 12.6. The first-order valence-corrected chi connectivity index (χ1v) is 8.04. The third-order valence-corrected chi connectivity index (χ3v) is 3.94. The maximum atomic E-state index is 12.4. The van der Waals surface area contributed by atoms with E-state index >= 15 is 0 Å². The van der Waals surface area contributed by atoms with Crippen LogP contribution in [-0.4, -0.2) is 28.9 Å². The molecule has 1 heterocycles. The maximum Gasteiger partial charge on any atom is 0.268 e. The van der Waals surface area contributed by atoms with Gasteiger partial charge in [-0.2, -0.15) is 17.0 Å². The van der Waals surface area contributed by atoms with Gasteiger partial charge >= 0.3 is 0 Å². The number of rotatable bonds is 4. The van der Waals surface area contributed by atoms with Gasteiger partial charge in [0, 0.05) is 11.8 Å². The van der Waals surface area contributed by atoms with E-state index in [0.717, 1.165) is 5.75 Å². The molecular weight excluding hydrogens is 286 g/mol. The molecule has 1 atom stereocenters. The van der Waals surface area contributed by atoms with E-state index in [4.69, 9.17) is 5.26 Å². The molecule has 1 aromatic rings. The number of aromatic amines is 1. The molecule has 21 heavy (non-hydrogen) atoms. The van der Waals surface area contributed by atoms with E-state index in [1.54, 1.807) is 18.7 Å². The van der Waals surface area contributed by atoms with E-state index in [9.17, 15) is 9.59 Å². The third-order valence-electron chi connectivity index (χ3n) is 3.27. The predicted molar refractivity (Wildman–Crippen MR) is 85.6 cm³/mol. The fourth-order valence-corrected chi connectivity index (χ4v) is 2.77. The quantitative estimate of drug-likeness (QED) is 0.891. The molecule has 0 saturated heterocycles. The highest BCUT2D eigenvalue weighted by Gasteiger charge is 2.27. The number of amides is 1. The molecule has 0 aliphatic rings. The number of pyridine rings is 1. The average molecular weight is 307 g/mol. The molecule has 1 aromatic heterocycles. The van der Waals surface area contributed by atoms with Crippen molar-refractivity contribution in [3.8, 4) is 6.07 Å². The zero-order chi connectivity index (χ0) is 16.2. The number of nitrogens with zero attached hydrogens (tertiary/aromatic N) is 1. The zero-order valence-electron chi connectivity index (χ0n) is 13.0. The number of aromatic nitrogens is 1. The van der Waals surface area contributed by atoms with E-state index < -0.39 is 5.56 Å². The minimum absolute atomic E-state index is 0.0144. The fourth-order valence-electron chi connectivity index (χ4n) is 1.86. The number of H-pyrrole nitrogens is 1. The van der Waals surface area contributed by atoms with E-state index in [0.29, 0.717) is 5.56 Å². The van der Waals surface area contributed by atoms with Gasteiger partial charge in [0.2, 0.25) is 0 Å². The summed E-state index contributed by atoms with van der Waals surface area (Å²) in [6.07, 6.45) is 1.99. The highest BCUT2D eigenvalue weighted by atomic mass is 32.2. The maximum absolute atomic E-state index is 12.4. The largest absolute Gasteiger partial charge is 0.347 e. The van der Waals surface area contributed by atoms with Crippen LogP contribution in [0.15, 0.2) is 10.9 Å². The van der Waals surface area contributed by atoms with Crippen LogP contribution in [0.3, 0.4) is 0 Å². The van der Waals surface area contributed by atoms with Gasteiger partial charge in [0.1, 0.15) is 17.3 Å². The Balaban J connectivity index is 3.07. The lowest BCUT2D eigenvalue weighted by Gasteiger charge is -2.31. The van der Waals surface area contributed by atoms with E-state index in [-0.39, 0.29) is 28.6 Å². The summed E-state index contributed by atoms with van der Waals surface area (Å²) < 4.78 is 0. The SMILES string of the molecule is CSCC(NC(=O)c1[nH]c(=O)c(C#N)cc1C)C(C)(C)C. The van der Waals surface area contributed by atoms with Crippen molar-refractivity contribution < 1.29 is 4.79 Å². The van der Waals surface area contributed by atoms with E-state index in [1.807, 2.05) is 12.3 Å². The molecule has 0 bridgehead atoms. The Morgan fingerprint density at radius 3 is 2.62 bits per heavy atom. The second-order valence-corrected chi connectivity index (χ2v) is 6.94. The summed E-state index contributed by atoms with van der Waals surface area (Å²) in [6.45, 7) is 7.87. The Bertz CT molecular complexity index is 623. The smallest absolute Gasteiger partial charge is 0.268 e. The van der Waals surface area contributed by atoms with Crippen LogP contribution in [0.5, 0.6) is 0 Å². The summed E-state index contributed by atoms with van der Waals surface area (Å²) in [6, 6.07) is 3.23. The number of thioether (sulfide) groups is 1. The van der Waals surface area contributed by atoms with Gasteiger partial charge in [-0.1, -0.05) is 20.8 Å². The van der Waals surface area contributed by atoms with Crippen molar-refractivity contribution in [2.75, 3.05) is 12.0 Å². The summed E-state index contributed by atoms with van der Waals surface area (Å²) in [4.78, 5) is 26.5. The standard InChI is InChI=1S/C15H21N3O2S/c1-9-6-10(7-16)13(19)18-12(9)14(20)17-11(8-21-5)15(2,3)4/h6,11H,8H2,1-5H3,(H,17,20)(H,18,19). The van der Waals surface area contributed by atoms with Crippen molar-refractivity contribution in [2.24, 2.45) is 5.41 Å². The number of carbonyl (C=O) groups excluding carboxylic acids is 1. The lowest BCUT2D eigenvalue weighted by molar-refractivity contribution is 0.0906. The molecule has 0 aliphatic heterocycles. The molecule has 5 nitrogen and oxygen atoms in total. The van der Waals surface area contributed by atoms with Crippen LogP contribution in [0.1, 0.15) is 42.4 Å². The van der Waals surface area contributed by atoms with Gasteiger partial charge in [0.15, 0.2) is 0 Å². The second kappa shape index (κ2) is 6.81. The summed E-state index contributed by atoms with van der Waals surface area (Å²) in [7, 11) is 0. The first kappa shape index (κ1) is 17.3. The second-order valence-electron chi connectivity index (χ2n) is 6.03. The van der Waals surface area contributed by atoms with Crippen molar-refractivity contribution in [3.05, 3.63) is 33.2 Å². The lowest BCUT2D eigenvalue weighted by Crippen LogP contribution is -2.46. The molecule has 0 saturated carbocycles. The molecule has 0 spiro atoms. The Labute approximate surface area is 129 Å². The average Bonchev–Trinajstić information content (AvgIpc) is 2.39. The number of hydrogen-bond acceptors (Lipinski definition) is 4. The Morgan fingerprint density at radius 1 is 1.52 bits per heavy atom. The van der Waals surface area contributed by atoms with Crippen molar-refractivity contribution >= 4 is 17.7 Å². The van der Waals surface area contributed by atoms with Crippen molar-refractivity contribution in [3.63, 3.8) is 0 Å². The van der Waals surface area contributed by atoms with Gasteiger partial charge < -0.3 is 10.3 Å². The van der Waals surface area contributed by atoms with E-state index in [2.05, 4.69) is 31.1 Å². The highest BCUT2D eigenvalue weighted by Crippen LogP contribution is 2.22. The molecule has 0 radical (unpaired) electrons. The summed E-state index contributed by atoms with van der Waals surface area (Å²) in [5.41, 5.74) is 0.195. The van der Waals surface area contributed by atoms with Crippen LogP contribution >= 0.6 is 11.8 Å². The molecular formula is C15H21N3O2S. The topological polar surface area (TPSA) is 85.8 Å². The Morgan fingerprint density at radius 2 is 2.14 bits per heavy atom. The summed E-state index contributed by atoms with van der Waals surface area (Å²) >= 11 is 1.66. The molecule has 1 rings (SSSR count). The van der Waals surface area contributed by atoms with Crippen molar-refractivity contribution in [1.29, 1.82) is 5.26 Å². The molecule has 1 amide bonds.